The molecule has 0 saturated carbocycles. The molecule has 26 heavy (non-hydrogen) atoms. The minimum absolute atomic E-state index is 0.171. The van der Waals surface area contributed by atoms with Crippen LogP contribution < -0.4 is 10.1 Å². The maximum atomic E-state index is 11.2. The molecule has 5 heteroatoms. The molecule has 2 aromatic carbocycles. The third-order valence-corrected chi connectivity index (χ3v) is 4.85. The smallest absolute Gasteiger partial charge is 0.134 e. The van der Waals surface area contributed by atoms with Crippen molar-refractivity contribution in [3.8, 4) is 5.75 Å². The molecule has 1 atom stereocenters. The maximum absolute atomic E-state index is 11.2. The predicted molar refractivity (Wildman–Crippen MR) is 105 cm³/mol. The lowest BCUT2D eigenvalue weighted by Crippen LogP contribution is -2.47. The van der Waals surface area contributed by atoms with Crippen molar-refractivity contribution in [3.05, 3.63) is 64.7 Å². The molecule has 4 nitrogen and oxygen atoms in total. The first-order valence-corrected chi connectivity index (χ1v) is 9.41. The summed E-state index contributed by atoms with van der Waals surface area (Å²) in [7, 11) is 0. The minimum Gasteiger partial charge on any atom is -0.492 e. The predicted octanol–water partition coefficient (Wildman–Crippen LogP) is 3.50. The summed E-state index contributed by atoms with van der Waals surface area (Å²) in [5.41, 5.74) is 2.26. The lowest BCUT2D eigenvalue weighted by molar-refractivity contribution is -0.116. The number of ether oxygens (including phenoxy) is 1. The van der Waals surface area contributed by atoms with Crippen LogP contribution in [0, 0.1) is 0 Å². The molecule has 138 valence electrons. The molecule has 0 radical (unpaired) electrons. The molecule has 1 aliphatic rings. The average molecular weight is 373 g/mol. The molecular weight excluding hydrogens is 348 g/mol. The van der Waals surface area contributed by atoms with E-state index in [0.717, 1.165) is 42.5 Å². The Morgan fingerprint density at radius 3 is 2.81 bits per heavy atom. The molecule has 0 bridgehead atoms. The van der Waals surface area contributed by atoms with Gasteiger partial charge in [-0.1, -0.05) is 35.9 Å². The van der Waals surface area contributed by atoms with Crippen LogP contribution in [0.3, 0.4) is 0 Å². The fraction of sp³-hybridized carbons (Fsp3) is 0.381. The second-order valence-electron chi connectivity index (χ2n) is 6.68. The van der Waals surface area contributed by atoms with Crippen LogP contribution in [0.5, 0.6) is 5.75 Å². The molecule has 0 aromatic heterocycles. The number of carbonyl (C=O) groups is 1. The van der Waals surface area contributed by atoms with Crippen LogP contribution in [0.4, 0.5) is 0 Å². The fourth-order valence-electron chi connectivity index (χ4n) is 3.33. The summed E-state index contributed by atoms with van der Waals surface area (Å²) in [6.45, 7) is 5.97. The van der Waals surface area contributed by atoms with Gasteiger partial charge in [0.2, 0.25) is 0 Å². The van der Waals surface area contributed by atoms with Crippen molar-refractivity contribution in [3.63, 3.8) is 0 Å². The first-order valence-electron chi connectivity index (χ1n) is 9.03. The number of hydrogen-bond donors (Lipinski definition) is 1. The normalized spacial score (nSPS) is 17.8. The van der Waals surface area contributed by atoms with E-state index >= 15 is 0 Å². The van der Waals surface area contributed by atoms with Crippen molar-refractivity contribution in [1.82, 2.24) is 10.2 Å². The van der Waals surface area contributed by atoms with Crippen molar-refractivity contribution in [2.24, 2.45) is 0 Å². The molecule has 1 N–H and O–H groups in total. The summed E-state index contributed by atoms with van der Waals surface area (Å²) < 4.78 is 5.90. The Bertz CT molecular complexity index is 733. The van der Waals surface area contributed by atoms with Crippen LogP contribution in [-0.2, 0) is 11.2 Å². The zero-order valence-corrected chi connectivity index (χ0v) is 15.8. The first-order chi connectivity index (χ1) is 12.6. The second kappa shape index (κ2) is 9.17. The van der Waals surface area contributed by atoms with Gasteiger partial charge in [0, 0.05) is 43.7 Å². The number of piperazine rings is 1. The van der Waals surface area contributed by atoms with Gasteiger partial charge in [0.15, 0.2) is 0 Å². The van der Waals surface area contributed by atoms with Crippen LogP contribution in [0.1, 0.15) is 24.1 Å². The second-order valence-corrected chi connectivity index (χ2v) is 7.12. The average Bonchev–Trinajstić information content (AvgIpc) is 2.63. The van der Waals surface area contributed by atoms with E-state index in [-0.39, 0.29) is 5.78 Å². The third-order valence-electron chi connectivity index (χ3n) is 4.61. The number of Topliss-reactive ketones (excluding diaryl/α,β-unsaturated/α-hetero) is 1. The highest BCUT2D eigenvalue weighted by Crippen LogP contribution is 2.24. The van der Waals surface area contributed by atoms with Crippen LogP contribution in [-0.4, -0.2) is 43.5 Å². The van der Waals surface area contributed by atoms with E-state index in [4.69, 9.17) is 16.3 Å². The van der Waals surface area contributed by atoms with E-state index in [1.807, 2.05) is 42.5 Å². The fourth-order valence-corrected chi connectivity index (χ4v) is 3.53. The molecule has 1 heterocycles. The van der Waals surface area contributed by atoms with Crippen molar-refractivity contribution < 1.29 is 9.53 Å². The van der Waals surface area contributed by atoms with Crippen molar-refractivity contribution >= 4 is 17.4 Å². The molecule has 0 amide bonds. The number of halogens is 1. The van der Waals surface area contributed by atoms with Gasteiger partial charge in [-0.25, -0.2) is 0 Å². The van der Waals surface area contributed by atoms with Crippen LogP contribution >= 0.6 is 11.6 Å². The molecule has 2 aromatic rings. The van der Waals surface area contributed by atoms with E-state index in [1.165, 1.54) is 5.56 Å². The number of benzene rings is 2. The van der Waals surface area contributed by atoms with Gasteiger partial charge in [-0.05, 0) is 42.3 Å². The number of ketones is 1. The van der Waals surface area contributed by atoms with Gasteiger partial charge in [0.25, 0.3) is 0 Å². The van der Waals surface area contributed by atoms with Crippen molar-refractivity contribution in [2.45, 2.75) is 19.4 Å². The zero-order chi connectivity index (χ0) is 18.4. The molecule has 1 fully saturated rings. The molecule has 1 unspecified atom stereocenters. The minimum atomic E-state index is 0.171. The van der Waals surface area contributed by atoms with Crippen molar-refractivity contribution in [2.75, 3.05) is 32.8 Å². The lowest BCUT2D eigenvalue weighted by Gasteiger charge is -2.36. The monoisotopic (exact) mass is 372 g/mol. The highest BCUT2D eigenvalue weighted by Gasteiger charge is 2.23. The van der Waals surface area contributed by atoms with E-state index in [9.17, 15) is 4.79 Å². The van der Waals surface area contributed by atoms with Gasteiger partial charge in [0.1, 0.15) is 18.1 Å². The standard InChI is InChI=1S/C21H25ClN2O2/c1-16(25)13-17-5-7-20(8-6-17)26-12-11-24-10-9-23-15-21(24)18-3-2-4-19(22)14-18/h2-8,14,21,23H,9-13,15H2,1H3. The Hall–Kier alpha value is -1.88. The number of carbonyl (C=O) groups excluding carboxylic acids is 1. The van der Waals surface area contributed by atoms with Gasteiger partial charge in [0.05, 0.1) is 0 Å². The molecule has 1 aliphatic heterocycles. The highest BCUT2D eigenvalue weighted by molar-refractivity contribution is 6.30. The summed E-state index contributed by atoms with van der Waals surface area (Å²) in [6, 6.07) is 16.2. The molecule has 0 aliphatic carbocycles. The van der Waals surface area contributed by atoms with Gasteiger partial charge < -0.3 is 10.1 Å². The number of hydrogen-bond acceptors (Lipinski definition) is 4. The van der Waals surface area contributed by atoms with Crippen molar-refractivity contribution in [1.29, 1.82) is 0 Å². The summed E-state index contributed by atoms with van der Waals surface area (Å²) in [5.74, 6) is 1.01. The summed E-state index contributed by atoms with van der Waals surface area (Å²) in [5, 5.41) is 4.23. The van der Waals surface area contributed by atoms with Gasteiger partial charge in [-0.2, -0.15) is 0 Å². The van der Waals surface area contributed by atoms with Gasteiger partial charge in [-0.15, -0.1) is 0 Å². The van der Waals surface area contributed by atoms with E-state index in [2.05, 4.69) is 16.3 Å². The van der Waals surface area contributed by atoms with Crippen LogP contribution in [0.2, 0.25) is 5.02 Å². The molecule has 0 spiro atoms. The Kier molecular flexibility index (Phi) is 6.67. The quantitative estimate of drug-likeness (QED) is 0.807. The largest absolute Gasteiger partial charge is 0.492 e. The molecule has 1 saturated heterocycles. The lowest BCUT2D eigenvalue weighted by atomic mass is 10.0. The Labute approximate surface area is 160 Å². The number of rotatable bonds is 7. The van der Waals surface area contributed by atoms with E-state index in [0.29, 0.717) is 19.1 Å². The summed E-state index contributed by atoms with van der Waals surface area (Å²) in [4.78, 5) is 13.6. The maximum Gasteiger partial charge on any atom is 0.134 e. The third kappa shape index (κ3) is 5.31. The number of nitrogens with zero attached hydrogens (tertiary/aromatic N) is 1. The topological polar surface area (TPSA) is 41.6 Å². The van der Waals surface area contributed by atoms with Gasteiger partial charge >= 0.3 is 0 Å². The zero-order valence-electron chi connectivity index (χ0n) is 15.1. The molecular formula is C21H25ClN2O2. The molecule has 3 rings (SSSR count). The number of nitrogens with one attached hydrogen (secondary N) is 1. The highest BCUT2D eigenvalue weighted by atomic mass is 35.5. The SMILES string of the molecule is CC(=O)Cc1ccc(OCCN2CCNCC2c2cccc(Cl)c2)cc1. The summed E-state index contributed by atoms with van der Waals surface area (Å²) in [6.07, 6.45) is 0.475. The van der Waals surface area contributed by atoms with Crippen LogP contribution in [0.25, 0.3) is 0 Å². The summed E-state index contributed by atoms with van der Waals surface area (Å²) >= 11 is 6.16. The Morgan fingerprint density at radius 1 is 1.27 bits per heavy atom. The van der Waals surface area contributed by atoms with Gasteiger partial charge in [-0.3, -0.25) is 9.69 Å². The van der Waals surface area contributed by atoms with Crippen LogP contribution in [0.15, 0.2) is 48.5 Å². The van der Waals surface area contributed by atoms with E-state index < -0.39 is 0 Å². The first kappa shape index (κ1) is 18.9. The Morgan fingerprint density at radius 2 is 2.08 bits per heavy atom. The Balaban J connectivity index is 1.55. The van der Waals surface area contributed by atoms with E-state index in [1.54, 1.807) is 6.92 Å².